The van der Waals surface area contributed by atoms with Gasteiger partial charge in [-0.1, -0.05) is 24.3 Å². The molecule has 3 heterocycles. The molecule has 2 unspecified atom stereocenters. The molecule has 6 nitrogen and oxygen atoms in total. The fourth-order valence-electron chi connectivity index (χ4n) is 5.45. The molecule has 2 aromatic carbocycles. The Morgan fingerprint density at radius 2 is 1.68 bits per heavy atom. The van der Waals surface area contributed by atoms with Gasteiger partial charge in [-0.3, -0.25) is 9.78 Å². The molecule has 0 saturated carbocycles. The minimum Gasteiger partial charge on any atom is -0.351 e. The van der Waals surface area contributed by atoms with E-state index in [0.29, 0.717) is 5.11 Å². The number of thiocarbonyl (C=S) groups is 1. The van der Waals surface area contributed by atoms with Gasteiger partial charge in [0, 0.05) is 35.9 Å². The molecule has 1 amide bonds. The zero-order valence-electron chi connectivity index (χ0n) is 21.7. The number of pyridine rings is 1. The van der Waals surface area contributed by atoms with E-state index in [4.69, 9.17) is 12.2 Å². The number of para-hydroxylation sites is 1. The quantitative estimate of drug-likeness (QED) is 0.312. The van der Waals surface area contributed by atoms with E-state index in [0.717, 1.165) is 17.1 Å². The van der Waals surface area contributed by atoms with Crippen LogP contribution in [0.3, 0.4) is 0 Å². The summed E-state index contributed by atoms with van der Waals surface area (Å²) in [4.78, 5) is 18.4. The summed E-state index contributed by atoms with van der Waals surface area (Å²) in [5.74, 6) is -0.0989. The molecule has 5 rings (SSSR count). The topological polar surface area (TPSA) is 62.2 Å². The summed E-state index contributed by atoms with van der Waals surface area (Å²) >= 11 is 5.91. The van der Waals surface area contributed by atoms with Crippen molar-refractivity contribution in [2.75, 3.05) is 10.2 Å². The molecule has 2 aromatic heterocycles. The Morgan fingerprint density at radius 1 is 0.973 bits per heavy atom. The lowest BCUT2D eigenvalue weighted by Gasteiger charge is -2.28. The number of aromatic nitrogens is 2. The lowest BCUT2D eigenvalue weighted by Crippen LogP contribution is -2.29. The average molecular weight is 510 g/mol. The van der Waals surface area contributed by atoms with Gasteiger partial charge in [-0.05, 0) is 99.1 Å². The van der Waals surface area contributed by atoms with Crippen molar-refractivity contribution in [1.82, 2.24) is 14.9 Å². The first-order chi connectivity index (χ1) is 17.8. The van der Waals surface area contributed by atoms with E-state index in [1.807, 2.05) is 48.7 Å². The molecular weight excluding hydrogens is 478 g/mol. The maximum Gasteiger partial charge on any atom is 0.221 e. The largest absolute Gasteiger partial charge is 0.351 e. The van der Waals surface area contributed by atoms with Crippen LogP contribution in [-0.4, -0.2) is 20.6 Å². The second kappa shape index (κ2) is 9.82. The Morgan fingerprint density at radius 3 is 2.30 bits per heavy atom. The third-order valence-corrected chi connectivity index (χ3v) is 7.33. The minimum atomic E-state index is -0.129. The van der Waals surface area contributed by atoms with Crippen molar-refractivity contribution in [3.8, 4) is 5.69 Å². The molecule has 1 aliphatic heterocycles. The summed E-state index contributed by atoms with van der Waals surface area (Å²) < 4.78 is 2.36. The Balaban J connectivity index is 1.66. The predicted molar refractivity (Wildman–Crippen MR) is 153 cm³/mol. The van der Waals surface area contributed by atoms with Crippen LogP contribution in [0.15, 0.2) is 72.9 Å². The Hall–Kier alpha value is -3.97. The van der Waals surface area contributed by atoms with Crippen molar-refractivity contribution < 1.29 is 4.79 Å². The third kappa shape index (κ3) is 4.51. The number of nitrogens with one attached hydrogen (secondary N) is 2. The van der Waals surface area contributed by atoms with Crippen LogP contribution in [-0.2, 0) is 4.79 Å². The highest BCUT2D eigenvalue weighted by molar-refractivity contribution is 7.80. The van der Waals surface area contributed by atoms with Gasteiger partial charge >= 0.3 is 0 Å². The first-order valence-corrected chi connectivity index (χ1v) is 12.8. The number of hydrogen-bond acceptors (Lipinski definition) is 3. The zero-order chi connectivity index (χ0) is 26.3. The van der Waals surface area contributed by atoms with Crippen molar-refractivity contribution in [3.63, 3.8) is 0 Å². The van der Waals surface area contributed by atoms with E-state index in [-0.39, 0.29) is 18.0 Å². The number of amides is 1. The predicted octanol–water partition coefficient (Wildman–Crippen LogP) is 6.24. The first kappa shape index (κ1) is 24.7. The second-order valence-corrected chi connectivity index (χ2v) is 10.0. The molecule has 1 aliphatic rings. The summed E-state index contributed by atoms with van der Waals surface area (Å²) in [5.41, 5.74) is 9.86. The van der Waals surface area contributed by atoms with Crippen LogP contribution in [0.1, 0.15) is 52.8 Å². The molecule has 0 bridgehead atoms. The van der Waals surface area contributed by atoms with Crippen molar-refractivity contribution >= 4 is 34.6 Å². The Bertz CT molecular complexity index is 1460. The second-order valence-electron chi connectivity index (χ2n) is 9.63. The van der Waals surface area contributed by atoms with E-state index in [1.54, 1.807) is 0 Å². The monoisotopic (exact) mass is 509 g/mol. The highest BCUT2D eigenvalue weighted by atomic mass is 32.1. The van der Waals surface area contributed by atoms with Gasteiger partial charge in [-0.15, -0.1) is 0 Å². The van der Waals surface area contributed by atoms with Gasteiger partial charge in [0.1, 0.15) is 0 Å². The van der Waals surface area contributed by atoms with Gasteiger partial charge in [0.25, 0.3) is 0 Å². The third-order valence-electron chi connectivity index (χ3n) is 7.02. The summed E-state index contributed by atoms with van der Waals surface area (Å²) in [6.07, 6.45) is 1.82. The van der Waals surface area contributed by atoms with Crippen molar-refractivity contribution in [2.24, 2.45) is 0 Å². The van der Waals surface area contributed by atoms with E-state index in [1.165, 1.54) is 40.7 Å². The van der Waals surface area contributed by atoms with Gasteiger partial charge in [0.2, 0.25) is 5.91 Å². The van der Waals surface area contributed by atoms with Gasteiger partial charge in [-0.2, -0.15) is 0 Å². The number of anilines is 2. The molecule has 0 aliphatic carbocycles. The molecule has 0 radical (unpaired) electrons. The maximum absolute atomic E-state index is 11.5. The number of nitrogens with zero attached hydrogens (tertiary/aromatic N) is 3. The highest BCUT2D eigenvalue weighted by Crippen LogP contribution is 2.44. The summed E-state index contributed by atoms with van der Waals surface area (Å²) in [6.45, 7) is 10.2. The number of aryl methyl sites for hydroxylation is 3. The normalized spacial score (nSPS) is 17.1. The number of carbonyl (C=O) groups is 1. The number of rotatable bonds is 5. The first-order valence-electron chi connectivity index (χ1n) is 12.4. The molecule has 1 fully saturated rings. The molecule has 188 valence electrons. The van der Waals surface area contributed by atoms with Crippen LogP contribution in [0.25, 0.3) is 5.69 Å². The SMILES string of the molecule is CC(=O)Nc1ccc(N2C(=S)NC(c3ccccn3)C2c2cc(C)n(-c3c(C)cccc3C)c2C)cc1. The van der Waals surface area contributed by atoms with Crippen molar-refractivity contribution in [3.05, 3.63) is 107 Å². The average Bonchev–Trinajstić information content (AvgIpc) is 3.35. The van der Waals surface area contributed by atoms with Crippen LogP contribution < -0.4 is 15.5 Å². The molecule has 7 heteroatoms. The molecule has 0 spiro atoms. The van der Waals surface area contributed by atoms with E-state index in [2.05, 4.69) is 77.0 Å². The van der Waals surface area contributed by atoms with Crippen LogP contribution in [0.5, 0.6) is 0 Å². The van der Waals surface area contributed by atoms with Gasteiger partial charge in [0.15, 0.2) is 5.11 Å². The van der Waals surface area contributed by atoms with Gasteiger partial charge < -0.3 is 20.1 Å². The Labute approximate surface area is 223 Å². The minimum absolute atomic E-state index is 0.0989. The van der Waals surface area contributed by atoms with E-state index >= 15 is 0 Å². The number of benzene rings is 2. The molecule has 1 saturated heterocycles. The van der Waals surface area contributed by atoms with Crippen molar-refractivity contribution in [1.29, 1.82) is 0 Å². The molecule has 2 atom stereocenters. The van der Waals surface area contributed by atoms with Crippen LogP contribution in [0.4, 0.5) is 11.4 Å². The number of carbonyl (C=O) groups excluding carboxylic acids is 1. The van der Waals surface area contributed by atoms with Crippen LogP contribution in [0.2, 0.25) is 0 Å². The van der Waals surface area contributed by atoms with Gasteiger partial charge in [-0.25, -0.2) is 0 Å². The maximum atomic E-state index is 11.5. The van der Waals surface area contributed by atoms with Crippen LogP contribution in [0, 0.1) is 27.7 Å². The van der Waals surface area contributed by atoms with Gasteiger partial charge in [0.05, 0.1) is 23.5 Å². The summed E-state index contributed by atoms with van der Waals surface area (Å²) in [7, 11) is 0. The molecule has 2 N–H and O–H groups in total. The lowest BCUT2D eigenvalue weighted by atomic mass is 9.96. The molecule has 4 aromatic rings. The van der Waals surface area contributed by atoms with E-state index in [9.17, 15) is 4.79 Å². The van der Waals surface area contributed by atoms with E-state index < -0.39 is 0 Å². The summed E-state index contributed by atoms with van der Waals surface area (Å²) in [6, 6.07) is 22.2. The molecule has 37 heavy (non-hydrogen) atoms. The Kier molecular flexibility index (Phi) is 6.56. The highest BCUT2D eigenvalue weighted by Gasteiger charge is 2.42. The summed E-state index contributed by atoms with van der Waals surface area (Å²) in [5, 5.41) is 7.03. The fraction of sp³-hybridized carbons (Fsp3) is 0.233. The lowest BCUT2D eigenvalue weighted by molar-refractivity contribution is -0.114. The van der Waals surface area contributed by atoms with Crippen molar-refractivity contribution in [2.45, 2.75) is 46.7 Å². The molecular formula is C30H31N5OS. The van der Waals surface area contributed by atoms with Crippen LogP contribution >= 0.6 is 12.2 Å². The fourth-order valence-corrected chi connectivity index (χ4v) is 5.79. The number of hydrogen-bond donors (Lipinski definition) is 2. The zero-order valence-corrected chi connectivity index (χ0v) is 22.6. The smallest absolute Gasteiger partial charge is 0.221 e. The standard InChI is InChI=1S/C30H31N5OS/c1-18-9-8-10-19(2)28(18)34-20(3)17-25(21(34)4)29-27(26-11-6-7-16-31-26)33-30(37)35(29)24-14-12-23(13-15-24)32-22(5)36/h6-17,27,29H,1-5H3,(H,32,36)(H,33,37).